The minimum Gasteiger partial charge on any atom is -0.287 e. The highest BCUT2D eigenvalue weighted by Crippen LogP contribution is 2.26. The third-order valence-electron chi connectivity index (χ3n) is 1.90. The van der Waals surface area contributed by atoms with E-state index in [0.29, 0.717) is 17.8 Å². The van der Waals surface area contributed by atoms with E-state index in [9.17, 15) is 18.4 Å². The number of halogens is 2. The summed E-state index contributed by atoms with van der Waals surface area (Å²) in [5.41, 5.74) is 7.51. The van der Waals surface area contributed by atoms with E-state index in [2.05, 4.69) is 10.0 Å². The molecule has 0 radical (unpaired) electrons. The maximum absolute atomic E-state index is 13.3. The van der Waals surface area contributed by atoms with Crippen molar-refractivity contribution in [1.82, 2.24) is 0 Å². The number of thioether (sulfide) groups is 1. The molecule has 0 bridgehead atoms. The zero-order valence-corrected chi connectivity index (χ0v) is 10.0. The Labute approximate surface area is 105 Å². The smallest absolute Gasteiger partial charge is 0.252 e. The van der Waals surface area contributed by atoms with Gasteiger partial charge in [-0.05, 0) is 28.5 Å². The van der Waals surface area contributed by atoms with Crippen LogP contribution in [0.25, 0.3) is 10.4 Å². The molecular weight excluding hydrogens is 264 g/mol. The first-order chi connectivity index (χ1) is 8.49. The minimum atomic E-state index is -1.17. The molecule has 5 nitrogen and oxygen atoms in total. The van der Waals surface area contributed by atoms with Gasteiger partial charge in [0, 0.05) is 17.4 Å². The lowest BCUT2D eigenvalue weighted by atomic mass is 10.2. The number of nitrogens with zero attached hydrogens (tertiary/aromatic N) is 3. The van der Waals surface area contributed by atoms with Crippen LogP contribution in [0.4, 0.5) is 8.78 Å². The van der Waals surface area contributed by atoms with Gasteiger partial charge in [-0.2, -0.15) is 0 Å². The van der Waals surface area contributed by atoms with Crippen LogP contribution in [0.5, 0.6) is 0 Å². The highest BCUT2D eigenvalue weighted by atomic mass is 32.2. The molecule has 0 aliphatic heterocycles. The van der Waals surface area contributed by atoms with Crippen LogP contribution in [-0.4, -0.2) is 11.0 Å². The van der Waals surface area contributed by atoms with Crippen molar-refractivity contribution in [1.29, 1.82) is 0 Å². The normalized spacial score (nSPS) is 9.72. The molecule has 0 fully saturated rings. The van der Waals surface area contributed by atoms with Crippen LogP contribution in [0.3, 0.4) is 0 Å². The lowest BCUT2D eigenvalue weighted by Gasteiger charge is -2.04. The van der Waals surface area contributed by atoms with Crippen molar-refractivity contribution in [2.45, 2.75) is 18.2 Å². The Hall–Kier alpha value is -1.92. The fourth-order valence-corrected chi connectivity index (χ4v) is 1.78. The van der Waals surface area contributed by atoms with Gasteiger partial charge in [-0.25, -0.2) is 8.78 Å². The lowest BCUT2D eigenvalue weighted by molar-refractivity contribution is -0.110. The van der Waals surface area contributed by atoms with E-state index in [1.54, 1.807) is 6.92 Å². The number of carbonyl (C=O) groups is 2. The van der Waals surface area contributed by atoms with Crippen molar-refractivity contribution in [2.24, 2.45) is 5.11 Å². The number of hydrogen-bond acceptors (Lipinski definition) is 3. The summed E-state index contributed by atoms with van der Waals surface area (Å²) in [4.78, 5) is 24.4. The van der Waals surface area contributed by atoms with E-state index >= 15 is 0 Å². The Bertz CT molecular complexity index is 556. The monoisotopic (exact) mass is 271 g/mol. The molecular formula is C10H7F2N3O2S. The summed E-state index contributed by atoms with van der Waals surface area (Å²) in [6, 6.07) is 1.34. The van der Waals surface area contributed by atoms with Crippen LogP contribution in [-0.2, 0) is 4.79 Å². The molecule has 1 aromatic carbocycles. The average Bonchev–Trinajstić information content (AvgIpc) is 2.32. The van der Waals surface area contributed by atoms with Gasteiger partial charge in [-0.3, -0.25) is 9.59 Å². The highest BCUT2D eigenvalue weighted by Gasteiger charge is 2.16. The van der Waals surface area contributed by atoms with Gasteiger partial charge < -0.3 is 0 Å². The molecule has 0 saturated heterocycles. The zero-order valence-electron chi connectivity index (χ0n) is 9.18. The highest BCUT2D eigenvalue weighted by molar-refractivity contribution is 8.13. The minimum absolute atomic E-state index is 0.168. The van der Waals surface area contributed by atoms with Crippen molar-refractivity contribution in [2.75, 3.05) is 0 Å². The van der Waals surface area contributed by atoms with Gasteiger partial charge >= 0.3 is 0 Å². The van der Waals surface area contributed by atoms with Crippen LogP contribution >= 0.6 is 11.8 Å². The largest absolute Gasteiger partial charge is 0.287 e. The quantitative estimate of drug-likeness (QED) is 0.365. The van der Waals surface area contributed by atoms with Gasteiger partial charge in [0.25, 0.3) is 5.91 Å². The third-order valence-corrected chi connectivity index (χ3v) is 2.95. The molecule has 0 unspecified atom stereocenters. The Balaban J connectivity index is 3.21. The van der Waals surface area contributed by atoms with Gasteiger partial charge in [0.15, 0.2) is 5.12 Å². The first-order valence-corrected chi connectivity index (χ1v) is 5.60. The number of hydrogen-bond donors (Lipinski definition) is 0. The molecule has 1 amide bonds. The molecule has 0 heterocycles. The molecule has 18 heavy (non-hydrogen) atoms. The molecule has 0 N–H and O–H groups in total. The average molecular weight is 271 g/mol. The van der Waals surface area contributed by atoms with Gasteiger partial charge in [0.05, 0.1) is 10.5 Å². The molecule has 0 aliphatic rings. The second-order valence-electron chi connectivity index (χ2n) is 3.08. The van der Waals surface area contributed by atoms with E-state index in [1.807, 2.05) is 0 Å². The summed E-state index contributed by atoms with van der Waals surface area (Å²) in [6.45, 7) is 1.59. The predicted octanol–water partition coefficient (Wildman–Crippen LogP) is 3.44. The van der Waals surface area contributed by atoms with Crippen LogP contribution in [0.15, 0.2) is 22.1 Å². The Kier molecular flexibility index (Phi) is 4.82. The van der Waals surface area contributed by atoms with Crippen molar-refractivity contribution >= 4 is 22.8 Å². The SMILES string of the molecule is CCC(=O)Sc1cc(C(=O)N=[N+]=[N-])c(F)cc1F. The molecule has 1 rings (SSSR count). The maximum Gasteiger partial charge on any atom is 0.252 e. The Morgan fingerprint density at radius 3 is 2.61 bits per heavy atom. The second kappa shape index (κ2) is 6.13. The van der Waals surface area contributed by atoms with Gasteiger partial charge in [-0.15, -0.1) is 0 Å². The first-order valence-electron chi connectivity index (χ1n) is 4.78. The molecule has 0 aliphatic carbocycles. The van der Waals surface area contributed by atoms with Crippen LogP contribution in [0.2, 0.25) is 0 Å². The molecule has 0 atom stereocenters. The topological polar surface area (TPSA) is 82.9 Å². The second-order valence-corrected chi connectivity index (χ2v) is 4.18. The van der Waals surface area contributed by atoms with Crippen LogP contribution in [0, 0.1) is 11.6 Å². The summed E-state index contributed by atoms with van der Waals surface area (Å²) in [5, 5.41) is 2.38. The van der Waals surface area contributed by atoms with E-state index in [1.165, 1.54) is 0 Å². The summed E-state index contributed by atoms with van der Waals surface area (Å²) >= 11 is 0.561. The molecule has 8 heteroatoms. The van der Waals surface area contributed by atoms with Gasteiger partial charge in [-0.1, -0.05) is 6.92 Å². The number of benzene rings is 1. The third kappa shape index (κ3) is 3.28. The molecule has 0 spiro atoms. The first kappa shape index (κ1) is 14.1. The molecule has 0 saturated carbocycles. The van der Waals surface area contributed by atoms with E-state index in [4.69, 9.17) is 5.53 Å². The fourth-order valence-electron chi connectivity index (χ4n) is 1.06. The summed E-state index contributed by atoms with van der Waals surface area (Å²) in [5.74, 6) is -3.25. The molecule has 94 valence electrons. The van der Waals surface area contributed by atoms with Crippen LogP contribution < -0.4 is 0 Å². The van der Waals surface area contributed by atoms with Crippen molar-refractivity contribution < 1.29 is 18.4 Å². The summed E-state index contributed by atoms with van der Waals surface area (Å²) in [6.07, 6.45) is 0.168. The van der Waals surface area contributed by atoms with Crippen molar-refractivity contribution in [3.05, 3.63) is 39.8 Å². The van der Waals surface area contributed by atoms with E-state index in [0.717, 1.165) is 6.07 Å². The van der Waals surface area contributed by atoms with Gasteiger partial charge in [0.2, 0.25) is 0 Å². The van der Waals surface area contributed by atoms with Gasteiger partial charge in [0.1, 0.15) is 11.6 Å². The fraction of sp³-hybridized carbons (Fsp3) is 0.200. The maximum atomic E-state index is 13.3. The van der Waals surface area contributed by atoms with Crippen LogP contribution in [0.1, 0.15) is 23.7 Å². The zero-order chi connectivity index (χ0) is 13.7. The molecule has 1 aromatic rings. The Morgan fingerprint density at radius 1 is 1.39 bits per heavy atom. The van der Waals surface area contributed by atoms with E-state index in [-0.39, 0.29) is 16.4 Å². The number of carbonyl (C=O) groups excluding carboxylic acids is 2. The van der Waals surface area contributed by atoms with Crippen molar-refractivity contribution in [3.8, 4) is 0 Å². The number of azide groups is 1. The molecule has 0 aromatic heterocycles. The summed E-state index contributed by atoms with van der Waals surface area (Å²) < 4.78 is 26.6. The summed E-state index contributed by atoms with van der Waals surface area (Å²) in [7, 11) is 0. The number of rotatable bonds is 3. The van der Waals surface area contributed by atoms with E-state index < -0.39 is 23.1 Å². The van der Waals surface area contributed by atoms with Crippen molar-refractivity contribution in [3.63, 3.8) is 0 Å². The predicted molar refractivity (Wildman–Crippen MR) is 61.0 cm³/mol. The standard InChI is InChI=1S/C10H7F2N3O2S/c1-2-9(16)18-8-3-5(10(17)14-15-13)6(11)4-7(8)12/h3-4H,2H2,1H3. The number of amides is 1. The lowest BCUT2D eigenvalue weighted by Crippen LogP contribution is -2.01. The Morgan fingerprint density at radius 2 is 2.06 bits per heavy atom.